The first-order valence-electron chi connectivity index (χ1n) is 15.1. The first kappa shape index (κ1) is 42.6. The normalized spacial score (nSPS) is 10.1. The Morgan fingerprint density at radius 1 is 0.477 bits per heavy atom. The monoisotopic (exact) mass is 981 g/mol. The maximum atomic E-state index is 3.72. The van der Waals surface area contributed by atoms with Crippen molar-refractivity contribution < 1.29 is 42.1 Å². The van der Waals surface area contributed by atoms with Gasteiger partial charge in [0, 0.05) is 21.1 Å². The summed E-state index contributed by atoms with van der Waals surface area (Å²) in [6.07, 6.45) is 16.2. The van der Waals surface area contributed by atoms with Crippen molar-refractivity contribution in [3.8, 4) is 0 Å². The summed E-state index contributed by atoms with van der Waals surface area (Å²) in [5, 5.41) is 5.94. The van der Waals surface area contributed by atoms with Gasteiger partial charge in [-0.25, -0.2) is 0 Å². The maximum Gasteiger partial charge on any atom is 2.00 e. The molecule has 4 heteroatoms. The van der Waals surface area contributed by atoms with Crippen LogP contribution in [0.4, 0.5) is 0 Å². The Morgan fingerprint density at radius 2 is 0.750 bits per heavy atom. The van der Waals surface area contributed by atoms with E-state index in [9.17, 15) is 0 Å². The van der Waals surface area contributed by atoms with Gasteiger partial charge in [0.2, 0.25) is 0 Å². The first-order chi connectivity index (χ1) is 20.7. The van der Waals surface area contributed by atoms with Gasteiger partial charge in [0.25, 0.3) is 0 Å². The van der Waals surface area contributed by atoms with Gasteiger partial charge in [-0.1, -0.05) is 159 Å². The summed E-state index contributed by atoms with van der Waals surface area (Å²) in [4.78, 5) is 0. The zero-order valence-electron chi connectivity index (χ0n) is 26.0. The van der Waals surface area contributed by atoms with E-state index in [1.807, 2.05) is 6.08 Å². The van der Waals surface area contributed by atoms with Gasteiger partial charge >= 0.3 is 21.1 Å². The number of rotatable bonds is 14. The van der Waals surface area contributed by atoms with Crippen LogP contribution in [0.2, 0.25) is 0 Å². The average Bonchev–Trinajstić information content (AvgIpc) is 3.06. The standard InChI is InChI=1S/C27H26P2.C8H14.C5H9.2Pt/c1-5-14-24(15-6-1)28(25-16-7-2-8-17-25)22-13-23-29(26-18-9-3-10-19-26)27-20-11-4-12-21-27;1-3-5-7-8-6-4-2;1-3-5-4-2;;/h1-12,14-21H,13,22-23H2;7-8H,1-6H2;3H,1-2,4-5H2;;/q;-2;-1;;+2/b;8-7+;;;. The van der Waals surface area contributed by atoms with Crippen molar-refractivity contribution in [2.75, 3.05) is 12.3 Å². The molecule has 4 aromatic carbocycles. The molecule has 0 heterocycles. The van der Waals surface area contributed by atoms with Crippen molar-refractivity contribution in [1.29, 1.82) is 0 Å². The van der Waals surface area contributed by atoms with E-state index in [2.05, 4.69) is 161 Å². The first-order valence-corrected chi connectivity index (χ1v) is 18.2. The smallest absolute Gasteiger partial charge is 0.343 e. The molecule has 0 atom stereocenters. The molecule has 44 heavy (non-hydrogen) atoms. The predicted octanol–water partition coefficient (Wildman–Crippen LogP) is 10.2. The predicted molar refractivity (Wildman–Crippen MR) is 196 cm³/mol. The van der Waals surface area contributed by atoms with Gasteiger partial charge in [0.05, 0.1) is 0 Å². The molecule has 0 aliphatic heterocycles. The summed E-state index contributed by atoms with van der Waals surface area (Å²) >= 11 is 0. The Kier molecular flexibility index (Phi) is 28.1. The molecule has 0 unspecified atom stereocenters. The van der Waals surface area contributed by atoms with Crippen LogP contribution in [-0.4, -0.2) is 12.3 Å². The van der Waals surface area contributed by atoms with E-state index in [1.165, 1.54) is 40.0 Å². The van der Waals surface area contributed by atoms with E-state index in [4.69, 9.17) is 0 Å². The summed E-state index contributed by atoms with van der Waals surface area (Å²) in [6, 6.07) is 44.3. The molecule has 0 bridgehead atoms. The van der Waals surface area contributed by atoms with Gasteiger partial charge < -0.3 is 20.8 Å². The molecule has 0 saturated carbocycles. The summed E-state index contributed by atoms with van der Waals surface area (Å²) in [5.41, 5.74) is 0. The molecule has 0 aliphatic rings. The third-order valence-corrected chi connectivity index (χ3v) is 11.6. The van der Waals surface area contributed by atoms with Crippen molar-refractivity contribution in [3.63, 3.8) is 0 Å². The SMILES string of the molecule is C=CCC[CH2-].[CH2-]CC/C=C/CC[CH2-].[Pt+2].[Pt].c1ccc(P(CCCP(c2ccccc2)c2ccccc2)c2ccccc2)cc1. The number of allylic oxidation sites excluding steroid dienone is 3. The molecule has 240 valence electrons. The number of benzene rings is 4. The fourth-order valence-corrected chi connectivity index (χ4v) is 9.20. The fraction of sp³-hybridized carbons (Fsp3) is 0.225. The van der Waals surface area contributed by atoms with Crippen molar-refractivity contribution in [2.45, 2.75) is 44.9 Å². The van der Waals surface area contributed by atoms with Crippen LogP contribution in [0, 0.1) is 20.8 Å². The Morgan fingerprint density at radius 3 is 0.955 bits per heavy atom. The van der Waals surface area contributed by atoms with E-state index < -0.39 is 0 Å². The van der Waals surface area contributed by atoms with Gasteiger partial charge in [0.1, 0.15) is 0 Å². The van der Waals surface area contributed by atoms with Crippen LogP contribution in [-0.2, 0) is 42.1 Å². The molecular formula is C40H49P2Pt2-. The van der Waals surface area contributed by atoms with Crippen LogP contribution in [0.3, 0.4) is 0 Å². The zero-order valence-corrected chi connectivity index (χ0v) is 32.3. The molecule has 0 radical (unpaired) electrons. The van der Waals surface area contributed by atoms with E-state index in [1.54, 1.807) is 0 Å². The van der Waals surface area contributed by atoms with Crippen LogP contribution in [0.5, 0.6) is 0 Å². The molecule has 0 amide bonds. The summed E-state index contributed by atoms with van der Waals surface area (Å²) in [7, 11) is -0.618. The average molecular weight is 982 g/mol. The molecule has 0 spiro atoms. The van der Waals surface area contributed by atoms with E-state index in [0.29, 0.717) is 0 Å². The second-order valence-corrected chi connectivity index (χ2v) is 14.4. The van der Waals surface area contributed by atoms with Gasteiger partial charge in [-0.15, -0.1) is 6.58 Å². The van der Waals surface area contributed by atoms with Crippen LogP contribution in [0.25, 0.3) is 0 Å². The van der Waals surface area contributed by atoms with Crippen molar-refractivity contribution in [3.05, 3.63) is 167 Å². The fourth-order valence-electron chi connectivity index (χ4n) is 4.25. The Hall–Kier alpha value is -1.40. The molecular weight excluding hydrogens is 933 g/mol. The number of hydrogen-bond donors (Lipinski definition) is 0. The van der Waals surface area contributed by atoms with E-state index in [0.717, 1.165) is 38.5 Å². The molecule has 4 rings (SSSR count). The van der Waals surface area contributed by atoms with Crippen LogP contribution < -0.4 is 21.2 Å². The molecule has 0 fully saturated rings. The van der Waals surface area contributed by atoms with Crippen LogP contribution in [0.15, 0.2) is 146 Å². The van der Waals surface area contributed by atoms with Crippen LogP contribution >= 0.6 is 15.8 Å². The topological polar surface area (TPSA) is 0 Å². The quantitative estimate of drug-likeness (QED) is 0.0671. The van der Waals surface area contributed by atoms with Crippen LogP contribution in [0.1, 0.15) is 44.9 Å². The zero-order chi connectivity index (χ0) is 30.1. The van der Waals surface area contributed by atoms with Gasteiger partial charge in [-0.2, -0.15) is 19.3 Å². The second kappa shape index (κ2) is 29.0. The van der Waals surface area contributed by atoms with Crippen molar-refractivity contribution in [1.82, 2.24) is 0 Å². The summed E-state index contributed by atoms with van der Waals surface area (Å²) in [6.45, 7) is 14.5. The summed E-state index contributed by atoms with van der Waals surface area (Å²) < 4.78 is 0. The molecule has 0 aliphatic carbocycles. The van der Waals surface area contributed by atoms with Gasteiger partial charge in [0.15, 0.2) is 0 Å². The molecule has 4 aromatic rings. The molecule has 0 nitrogen and oxygen atoms in total. The summed E-state index contributed by atoms with van der Waals surface area (Å²) in [5.74, 6) is 0. The largest absolute Gasteiger partial charge is 2.00 e. The third kappa shape index (κ3) is 17.9. The Balaban J connectivity index is 0.00000105. The number of unbranched alkanes of at least 4 members (excludes halogenated alkanes) is 3. The Bertz CT molecular complexity index is 1030. The van der Waals surface area contributed by atoms with Crippen molar-refractivity contribution in [2.24, 2.45) is 0 Å². The second-order valence-electron chi connectivity index (χ2n) is 9.69. The molecule has 0 aromatic heterocycles. The molecule has 0 saturated heterocycles. The number of hydrogen-bond acceptors (Lipinski definition) is 0. The minimum absolute atomic E-state index is 0. The van der Waals surface area contributed by atoms with E-state index >= 15 is 0 Å². The third-order valence-electron chi connectivity index (χ3n) is 6.35. The Labute approximate surface area is 301 Å². The molecule has 0 N–H and O–H groups in total. The van der Waals surface area contributed by atoms with Gasteiger partial charge in [-0.3, -0.25) is 0 Å². The maximum absolute atomic E-state index is 3.72. The van der Waals surface area contributed by atoms with Crippen molar-refractivity contribution >= 4 is 37.1 Å². The van der Waals surface area contributed by atoms with E-state index in [-0.39, 0.29) is 58.0 Å². The van der Waals surface area contributed by atoms with Gasteiger partial charge in [-0.05, 0) is 55.8 Å². The minimum Gasteiger partial charge on any atom is -0.343 e. The minimum atomic E-state index is -0.309.